The molecule has 1 atom stereocenters. The lowest BCUT2D eigenvalue weighted by atomic mass is 10.1. The number of ether oxygens (including phenoxy) is 2. The lowest BCUT2D eigenvalue weighted by Crippen LogP contribution is -2.30. The molecule has 0 radical (unpaired) electrons. The molecule has 5 rings (SSSR count). The maximum absolute atomic E-state index is 13.1. The third-order valence-electron chi connectivity index (χ3n) is 6.49. The highest BCUT2D eigenvalue weighted by Crippen LogP contribution is 2.38. The van der Waals surface area contributed by atoms with Gasteiger partial charge in [-0.25, -0.2) is 14.6 Å². The van der Waals surface area contributed by atoms with Crippen molar-refractivity contribution in [3.63, 3.8) is 0 Å². The smallest absolute Gasteiger partial charge is 0.341 e. The van der Waals surface area contributed by atoms with Crippen LogP contribution >= 0.6 is 11.3 Å². The lowest BCUT2D eigenvalue weighted by Gasteiger charge is -2.15. The zero-order valence-electron chi connectivity index (χ0n) is 20.6. The Morgan fingerprint density at radius 3 is 2.57 bits per heavy atom. The number of rotatable bonds is 6. The number of carbonyl (C=O) groups excluding carboxylic acids is 3. The van der Waals surface area contributed by atoms with Crippen molar-refractivity contribution < 1.29 is 23.9 Å². The van der Waals surface area contributed by atoms with Crippen molar-refractivity contribution in [1.82, 2.24) is 9.97 Å². The molecule has 8 nitrogen and oxygen atoms in total. The molecule has 2 aromatic heterocycles. The van der Waals surface area contributed by atoms with Crippen molar-refractivity contribution in [3.05, 3.63) is 70.1 Å². The summed E-state index contributed by atoms with van der Waals surface area (Å²) in [4.78, 5) is 47.6. The summed E-state index contributed by atoms with van der Waals surface area (Å²) in [5, 5.41) is 3.25. The van der Waals surface area contributed by atoms with Crippen LogP contribution in [0.25, 0.3) is 22.4 Å². The lowest BCUT2D eigenvalue weighted by molar-refractivity contribution is -0.123. The van der Waals surface area contributed by atoms with Gasteiger partial charge in [0.15, 0.2) is 6.10 Å². The molecule has 190 valence electrons. The minimum absolute atomic E-state index is 0.291. The maximum Gasteiger partial charge on any atom is 0.341 e. The van der Waals surface area contributed by atoms with E-state index in [-0.39, 0.29) is 0 Å². The Balaban J connectivity index is 1.35. The van der Waals surface area contributed by atoms with Crippen LogP contribution in [0.5, 0.6) is 0 Å². The van der Waals surface area contributed by atoms with Gasteiger partial charge in [-0.3, -0.25) is 4.79 Å². The van der Waals surface area contributed by atoms with E-state index >= 15 is 0 Å². The van der Waals surface area contributed by atoms with Crippen molar-refractivity contribution in [1.29, 1.82) is 0 Å². The number of methoxy groups -OCH3 is 1. The highest BCUT2D eigenvalue weighted by Gasteiger charge is 2.28. The number of carbonyl (C=O) groups is 3. The Morgan fingerprint density at radius 1 is 1.00 bits per heavy atom. The van der Waals surface area contributed by atoms with E-state index in [1.165, 1.54) is 25.4 Å². The highest BCUT2D eigenvalue weighted by molar-refractivity contribution is 7.17. The molecular formula is C28H27N3O5S. The molecule has 1 unspecified atom stereocenters. The number of aromatic nitrogens is 2. The monoisotopic (exact) mass is 517 g/mol. The van der Waals surface area contributed by atoms with Gasteiger partial charge in [0.05, 0.1) is 29.3 Å². The van der Waals surface area contributed by atoms with Gasteiger partial charge in [0, 0.05) is 10.4 Å². The number of H-pyrrole nitrogens is 1. The SMILES string of the molecule is COC(=O)c1c(NC(=O)C(C)OC(=O)c2ccccc2-c2nc3ccccc3[nH]2)sc2c1CCCCC2. The number of hydrogen-bond donors (Lipinski definition) is 2. The normalized spacial score (nSPS) is 13.9. The maximum atomic E-state index is 13.1. The van der Waals surface area contributed by atoms with Crippen LogP contribution in [-0.4, -0.2) is 41.0 Å². The van der Waals surface area contributed by atoms with Gasteiger partial charge >= 0.3 is 11.9 Å². The fourth-order valence-electron chi connectivity index (χ4n) is 4.59. The molecule has 0 spiro atoms. The average Bonchev–Trinajstić information content (AvgIpc) is 3.41. The number of benzene rings is 2. The van der Waals surface area contributed by atoms with Crippen LogP contribution in [0.4, 0.5) is 5.00 Å². The number of aromatic amines is 1. The van der Waals surface area contributed by atoms with E-state index in [4.69, 9.17) is 9.47 Å². The van der Waals surface area contributed by atoms with E-state index in [1.54, 1.807) is 18.2 Å². The molecule has 1 aliphatic carbocycles. The molecule has 0 saturated heterocycles. The number of thiophene rings is 1. The molecule has 0 saturated carbocycles. The number of imidazole rings is 1. The molecule has 2 aromatic carbocycles. The molecule has 0 fully saturated rings. The summed E-state index contributed by atoms with van der Waals surface area (Å²) >= 11 is 1.40. The van der Waals surface area contributed by atoms with Crippen LogP contribution in [-0.2, 0) is 27.1 Å². The predicted octanol–water partition coefficient (Wildman–Crippen LogP) is 5.53. The summed E-state index contributed by atoms with van der Waals surface area (Å²) in [7, 11) is 1.33. The van der Waals surface area contributed by atoms with E-state index in [2.05, 4.69) is 15.3 Å². The number of aryl methyl sites for hydroxylation is 1. The summed E-state index contributed by atoms with van der Waals surface area (Å²) < 4.78 is 10.6. The highest BCUT2D eigenvalue weighted by atomic mass is 32.1. The van der Waals surface area contributed by atoms with E-state index in [0.717, 1.165) is 53.6 Å². The number of hydrogen-bond acceptors (Lipinski definition) is 7. The Labute approximate surface area is 218 Å². The van der Waals surface area contributed by atoms with Crippen molar-refractivity contribution >= 4 is 45.2 Å². The number of fused-ring (bicyclic) bond motifs is 2. The molecule has 4 aromatic rings. The zero-order chi connectivity index (χ0) is 25.9. The number of esters is 2. The Kier molecular flexibility index (Phi) is 7.05. The third-order valence-corrected chi connectivity index (χ3v) is 7.70. The van der Waals surface area contributed by atoms with Gasteiger partial charge in [-0.1, -0.05) is 36.8 Å². The summed E-state index contributed by atoms with van der Waals surface area (Å²) in [5.74, 6) is -1.10. The quantitative estimate of drug-likeness (QED) is 0.257. The Hall–Kier alpha value is -3.98. The van der Waals surface area contributed by atoms with Gasteiger partial charge in [0.25, 0.3) is 5.91 Å². The first-order chi connectivity index (χ1) is 18.0. The first kappa shape index (κ1) is 24.7. The van der Waals surface area contributed by atoms with Gasteiger partial charge in [-0.2, -0.15) is 0 Å². The van der Waals surface area contributed by atoms with Crippen LogP contribution in [0.1, 0.15) is 57.3 Å². The van der Waals surface area contributed by atoms with Gasteiger partial charge in [-0.05, 0) is 56.4 Å². The third kappa shape index (κ3) is 4.99. The van der Waals surface area contributed by atoms with Crippen LogP contribution in [0.3, 0.4) is 0 Å². The summed E-state index contributed by atoms with van der Waals surface area (Å²) in [6.07, 6.45) is 3.67. The molecule has 0 bridgehead atoms. The van der Waals surface area contributed by atoms with Crippen molar-refractivity contribution in [3.8, 4) is 11.4 Å². The van der Waals surface area contributed by atoms with Crippen LogP contribution in [0, 0.1) is 0 Å². The second-order valence-corrected chi connectivity index (χ2v) is 10.1. The standard InChI is InChI=1S/C28H27N3O5S/c1-16(25(32)31-26-23(28(34)35-2)19-12-4-3-5-15-22(19)37-26)36-27(33)18-11-7-6-10-17(18)24-29-20-13-8-9-14-21(20)30-24/h6-11,13-14,16H,3-5,12,15H2,1-2H3,(H,29,30)(H,31,32). The van der Waals surface area contributed by atoms with E-state index in [1.807, 2.05) is 30.3 Å². The van der Waals surface area contributed by atoms with Crippen LogP contribution in [0.2, 0.25) is 0 Å². The predicted molar refractivity (Wildman–Crippen MR) is 142 cm³/mol. The topological polar surface area (TPSA) is 110 Å². The average molecular weight is 518 g/mol. The molecule has 37 heavy (non-hydrogen) atoms. The van der Waals surface area contributed by atoms with E-state index in [9.17, 15) is 14.4 Å². The number of para-hydroxylation sites is 2. The minimum Gasteiger partial charge on any atom is -0.465 e. The number of amides is 1. The van der Waals surface area contributed by atoms with Crippen LogP contribution in [0.15, 0.2) is 48.5 Å². The second-order valence-electron chi connectivity index (χ2n) is 8.95. The van der Waals surface area contributed by atoms with Gasteiger partial charge in [0.1, 0.15) is 10.8 Å². The van der Waals surface area contributed by atoms with E-state index < -0.39 is 23.9 Å². The number of anilines is 1. The zero-order valence-corrected chi connectivity index (χ0v) is 21.4. The molecular weight excluding hydrogens is 490 g/mol. The fourth-order valence-corrected chi connectivity index (χ4v) is 5.87. The van der Waals surface area contributed by atoms with Crippen molar-refractivity contribution in [2.24, 2.45) is 0 Å². The minimum atomic E-state index is -1.09. The Bertz CT molecular complexity index is 1460. The first-order valence-electron chi connectivity index (χ1n) is 12.2. The van der Waals surface area contributed by atoms with Gasteiger partial charge < -0.3 is 19.8 Å². The fraction of sp³-hybridized carbons (Fsp3) is 0.286. The van der Waals surface area contributed by atoms with E-state index in [0.29, 0.717) is 27.5 Å². The largest absolute Gasteiger partial charge is 0.465 e. The van der Waals surface area contributed by atoms with Crippen molar-refractivity contribution in [2.45, 2.75) is 45.1 Å². The molecule has 2 N–H and O–H groups in total. The molecule has 1 aliphatic rings. The second kappa shape index (κ2) is 10.6. The number of nitrogens with zero attached hydrogens (tertiary/aromatic N) is 1. The molecule has 2 heterocycles. The Morgan fingerprint density at radius 2 is 1.76 bits per heavy atom. The number of nitrogens with one attached hydrogen (secondary N) is 2. The van der Waals surface area contributed by atoms with Gasteiger partial charge in [-0.15, -0.1) is 11.3 Å². The first-order valence-corrected chi connectivity index (χ1v) is 13.1. The van der Waals surface area contributed by atoms with Crippen LogP contribution < -0.4 is 5.32 Å². The summed E-state index contributed by atoms with van der Waals surface area (Å²) in [6, 6.07) is 14.6. The summed E-state index contributed by atoms with van der Waals surface area (Å²) in [5.41, 5.74) is 3.86. The molecule has 9 heteroatoms. The molecule has 0 aliphatic heterocycles. The van der Waals surface area contributed by atoms with Crippen molar-refractivity contribution in [2.75, 3.05) is 12.4 Å². The van der Waals surface area contributed by atoms with Gasteiger partial charge in [0.2, 0.25) is 0 Å². The molecule has 1 amide bonds. The summed E-state index contributed by atoms with van der Waals surface area (Å²) in [6.45, 7) is 1.51.